The highest BCUT2D eigenvalue weighted by atomic mass is 15.1. The van der Waals surface area contributed by atoms with Crippen LogP contribution >= 0.6 is 0 Å². The number of imidazole rings is 1. The fraction of sp³-hybridized carbons (Fsp3) is 0.350. The molecule has 23 heavy (non-hydrogen) atoms. The van der Waals surface area contributed by atoms with Crippen molar-refractivity contribution in [1.82, 2.24) is 14.9 Å². The van der Waals surface area contributed by atoms with Crippen molar-refractivity contribution in [3.63, 3.8) is 0 Å². The molecule has 0 unspecified atom stereocenters. The van der Waals surface area contributed by atoms with Gasteiger partial charge in [0, 0.05) is 6.54 Å². The number of hydrogen-bond donors (Lipinski definition) is 1. The first-order valence-corrected chi connectivity index (χ1v) is 8.43. The van der Waals surface area contributed by atoms with Gasteiger partial charge >= 0.3 is 0 Å². The third-order valence-corrected chi connectivity index (χ3v) is 4.10. The second-order valence-corrected chi connectivity index (χ2v) is 6.45. The van der Waals surface area contributed by atoms with Crippen molar-refractivity contribution >= 4 is 11.0 Å². The number of fused-ring (bicyclic) bond motifs is 1. The first-order chi connectivity index (χ1) is 11.2. The van der Waals surface area contributed by atoms with Crippen LogP contribution in [0, 0.1) is 5.92 Å². The fourth-order valence-electron chi connectivity index (χ4n) is 2.79. The van der Waals surface area contributed by atoms with Crippen LogP contribution in [0.3, 0.4) is 0 Å². The third-order valence-electron chi connectivity index (χ3n) is 4.10. The van der Waals surface area contributed by atoms with E-state index in [1.54, 1.807) is 0 Å². The summed E-state index contributed by atoms with van der Waals surface area (Å²) in [6, 6.07) is 19.0. The molecule has 3 aromatic rings. The van der Waals surface area contributed by atoms with Crippen molar-refractivity contribution in [3.05, 3.63) is 66.0 Å². The summed E-state index contributed by atoms with van der Waals surface area (Å²) in [4.78, 5) is 4.83. The van der Waals surface area contributed by atoms with Gasteiger partial charge in [0.05, 0.1) is 17.6 Å². The van der Waals surface area contributed by atoms with Crippen LogP contribution in [0.15, 0.2) is 54.6 Å². The monoisotopic (exact) mass is 307 g/mol. The summed E-state index contributed by atoms with van der Waals surface area (Å²) in [6.45, 7) is 7.22. The Morgan fingerprint density at radius 2 is 1.74 bits per heavy atom. The van der Waals surface area contributed by atoms with Crippen LogP contribution in [0.25, 0.3) is 11.0 Å². The van der Waals surface area contributed by atoms with E-state index in [1.807, 2.05) is 0 Å². The first-order valence-electron chi connectivity index (χ1n) is 8.43. The molecule has 3 heteroatoms. The summed E-state index contributed by atoms with van der Waals surface area (Å²) >= 11 is 0. The van der Waals surface area contributed by atoms with E-state index in [-0.39, 0.29) is 0 Å². The zero-order valence-electron chi connectivity index (χ0n) is 14.0. The summed E-state index contributed by atoms with van der Waals surface area (Å²) in [5.74, 6) is 1.84. The highest BCUT2D eigenvalue weighted by Crippen LogP contribution is 2.18. The van der Waals surface area contributed by atoms with E-state index in [4.69, 9.17) is 4.98 Å². The van der Waals surface area contributed by atoms with Gasteiger partial charge in [-0.15, -0.1) is 0 Å². The molecule has 120 valence electrons. The Morgan fingerprint density at radius 3 is 2.52 bits per heavy atom. The van der Waals surface area contributed by atoms with Gasteiger partial charge in [-0.3, -0.25) is 0 Å². The topological polar surface area (TPSA) is 29.9 Å². The predicted molar refractivity (Wildman–Crippen MR) is 96.4 cm³/mol. The lowest BCUT2D eigenvalue weighted by molar-refractivity contribution is 0.526. The van der Waals surface area contributed by atoms with Crippen LogP contribution in [0.2, 0.25) is 0 Å². The number of aromatic nitrogens is 2. The molecule has 0 spiro atoms. The molecule has 0 saturated carbocycles. The van der Waals surface area contributed by atoms with Gasteiger partial charge in [-0.05, 0) is 36.6 Å². The lowest BCUT2D eigenvalue weighted by Gasteiger charge is -2.11. The van der Waals surface area contributed by atoms with E-state index < -0.39 is 0 Å². The molecule has 0 aliphatic carbocycles. The Morgan fingerprint density at radius 1 is 1.00 bits per heavy atom. The Labute approximate surface area is 138 Å². The van der Waals surface area contributed by atoms with Crippen molar-refractivity contribution in [2.75, 3.05) is 6.54 Å². The quantitative estimate of drug-likeness (QED) is 0.662. The van der Waals surface area contributed by atoms with Crippen molar-refractivity contribution < 1.29 is 0 Å². The SMILES string of the molecule is CC(C)CCNCc1nc2ccccc2n1Cc1ccccc1. The van der Waals surface area contributed by atoms with Gasteiger partial charge < -0.3 is 9.88 Å². The summed E-state index contributed by atoms with van der Waals surface area (Å²) in [7, 11) is 0. The molecule has 1 heterocycles. The second kappa shape index (κ2) is 7.42. The highest BCUT2D eigenvalue weighted by Gasteiger charge is 2.10. The average Bonchev–Trinajstić information content (AvgIpc) is 2.90. The van der Waals surface area contributed by atoms with Gasteiger partial charge in [0.1, 0.15) is 5.82 Å². The molecule has 3 nitrogen and oxygen atoms in total. The lowest BCUT2D eigenvalue weighted by Crippen LogP contribution is -2.19. The maximum atomic E-state index is 4.83. The summed E-state index contributed by atoms with van der Waals surface area (Å²) in [6.07, 6.45) is 1.19. The Balaban J connectivity index is 1.83. The lowest BCUT2D eigenvalue weighted by atomic mass is 10.1. The Bertz CT molecular complexity index is 744. The maximum absolute atomic E-state index is 4.83. The molecule has 0 radical (unpaired) electrons. The van der Waals surface area contributed by atoms with E-state index in [2.05, 4.69) is 78.3 Å². The van der Waals surface area contributed by atoms with E-state index >= 15 is 0 Å². The minimum absolute atomic E-state index is 0.727. The predicted octanol–water partition coefficient (Wildman–Crippen LogP) is 4.22. The molecule has 0 aliphatic rings. The number of benzene rings is 2. The van der Waals surface area contributed by atoms with Gasteiger partial charge in [0.15, 0.2) is 0 Å². The normalized spacial score (nSPS) is 11.4. The molecular weight excluding hydrogens is 282 g/mol. The van der Waals surface area contributed by atoms with Crippen LogP contribution in [0.5, 0.6) is 0 Å². The second-order valence-electron chi connectivity index (χ2n) is 6.45. The molecule has 0 aliphatic heterocycles. The molecule has 0 amide bonds. The Kier molecular flexibility index (Phi) is 5.09. The summed E-state index contributed by atoms with van der Waals surface area (Å²) in [5.41, 5.74) is 3.58. The number of para-hydroxylation sites is 2. The van der Waals surface area contributed by atoms with E-state index in [9.17, 15) is 0 Å². The van der Waals surface area contributed by atoms with Crippen LogP contribution < -0.4 is 5.32 Å². The number of nitrogens with one attached hydrogen (secondary N) is 1. The first kappa shape index (κ1) is 15.8. The average molecular weight is 307 g/mol. The Hall–Kier alpha value is -2.13. The maximum Gasteiger partial charge on any atom is 0.124 e. The number of nitrogens with zero attached hydrogens (tertiary/aromatic N) is 2. The van der Waals surface area contributed by atoms with Crippen molar-refractivity contribution in [2.45, 2.75) is 33.4 Å². The molecule has 0 saturated heterocycles. The standard InChI is InChI=1S/C20H25N3/c1-16(2)12-13-21-14-20-22-18-10-6-7-11-19(18)23(20)15-17-8-4-3-5-9-17/h3-11,16,21H,12-15H2,1-2H3. The van der Waals surface area contributed by atoms with Gasteiger partial charge in [0.25, 0.3) is 0 Å². The molecule has 1 N–H and O–H groups in total. The zero-order chi connectivity index (χ0) is 16.1. The fourth-order valence-corrected chi connectivity index (χ4v) is 2.79. The molecule has 0 atom stereocenters. The van der Waals surface area contributed by atoms with Gasteiger partial charge in [0.2, 0.25) is 0 Å². The summed E-state index contributed by atoms with van der Waals surface area (Å²) < 4.78 is 2.33. The molecule has 0 bridgehead atoms. The zero-order valence-corrected chi connectivity index (χ0v) is 14.0. The molecule has 3 rings (SSSR count). The minimum Gasteiger partial charge on any atom is -0.322 e. The number of hydrogen-bond acceptors (Lipinski definition) is 2. The molecule has 0 fully saturated rings. The summed E-state index contributed by atoms with van der Waals surface area (Å²) in [5, 5.41) is 3.54. The van der Waals surface area contributed by atoms with Crippen molar-refractivity contribution in [3.8, 4) is 0 Å². The molecular formula is C20H25N3. The molecule has 1 aromatic heterocycles. The van der Waals surface area contributed by atoms with Gasteiger partial charge in [-0.1, -0.05) is 56.3 Å². The van der Waals surface area contributed by atoms with E-state index in [1.165, 1.54) is 17.5 Å². The van der Waals surface area contributed by atoms with Gasteiger partial charge in [-0.25, -0.2) is 4.98 Å². The van der Waals surface area contributed by atoms with Crippen molar-refractivity contribution in [1.29, 1.82) is 0 Å². The third kappa shape index (κ3) is 3.99. The van der Waals surface area contributed by atoms with Crippen LogP contribution in [-0.4, -0.2) is 16.1 Å². The minimum atomic E-state index is 0.727. The highest BCUT2D eigenvalue weighted by molar-refractivity contribution is 5.76. The smallest absolute Gasteiger partial charge is 0.124 e. The van der Waals surface area contributed by atoms with Gasteiger partial charge in [-0.2, -0.15) is 0 Å². The van der Waals surface area contributed by atoms with Crippen LogP contribution in [-0.2, 0) is 13.1 Å². The molecule has 2 aromatic carbocycles. The largest absolute Gasteiger partial charge is 0.322 e. The van der Waals surface area contributed by atoms with Crippen LogP contribution in [0.1, 0.15) is 31.7 Å². The van der Waals surface area contributed by atoms with E-state index in [0.717, 1.165) is 36.9 Å². The number of rotatable bonds is 7. The van der Waals surface area contributed by atoms with Crippen molar-refractivity contribution in [2.24, 2.45) is 5.92 Å². The van der Waals surface area contributed by atoms with E-state index in [0.29, 0.717) is 0 Å². The van der Waals surface area contributed by atoms with Crippen LogP contribution in [0.4, 0.5) is 0 Å².